The van der Waals surface area contributed by atoms with Crippen LogP contribution in [0, 0.1) is 5.82 Å². The Bertz CT molecular complexity index is 639. The van der Waals surface area contributed by atoms with Crippen LogP contribution in [0.4, 0.5) is 4.39 Å². The highest BCUT2D eigenvalue weighted by Gasteiger charge is 2.07. The Labute approximate surface area is 109 Å². The molecule has 0 saturated carbocycles. The topological polar surface area (TPSA) is 0 Å². The summed E-state index contributed by atoms with van der Waals surface area (Å²) in [4.78, 5) is 1.23. The molecule has 2 heteroatoms. The maximum atomic E-state index is 13.0. The van der Waals surface area contributed by atoms with Gasteiger partial charge in [-0.2, -0.15) is 0 Å². The molecule has 3 rings (SSSR count). The van der Waals surface area contributed by atoms with Crippen molar-refractivity contribution in [3.05, 3.63) is 71.9 Å². The van der Waals surface area contributed by atoms with Gasteiger partial charge in [-0.15, -0.1) is 11.3 Å². The fourth-order valence-corrected chi connectivity index (χ4v) is 2.78. The molecule has 0 amide bonds. The van der Waals surface area contributed by atoms with Gasteiger partial charge in [-0.1, -0.05) is 42.5 Å². The lowest BCUT2D eigenvalue weighted by Crippen LogP contribution is -1.83. The summed E-state index contributed by atoms with van der Waals surface area (Å²) < 4.78 is 13.0. The van der Waals surface area contributed by atoms with Crippen LogP contribution in [0.15, 0.2) is 66.0 Å². The number of halogens is 1. The smallest absolute Gasteiger partial charge is 0.123 e. The van der Waals surface area contributed by atoms with Crippen LogP contribution in [-0.4, -0.2) is 0 Å². The Morgan fingerprint density at radius 1 is 0.722 bits per heavy atom. The molecule has 0 aliphatic heterocycles. The molecule has 0 aliphatic rings. The summed E-state index contributed by atoms with van der Waals surface area (Å²) in [6, 6.07) is 19.0. The Morgan fingerprint density at radius 2 is 1.44 bits per heavy atom. The van der Waals surface area contributed by atoms with E-state index in [4.69, 9.17) is 0 Å². The molecular formula is C16H11FS. The second kappa shape index (κ2) is 4.75. The van der Waals surface area contributed by atoms with Gasteiger partial charge in [0.15, 0.2) is 0 Å². The number of rotatable bonds is 2. The van der Waals surface area contributed by atoms with E-state index in [1.165, 1.54) is 22.6 Å². The molecule has 0 nitrogen and oxygen atoms in total. The van der Waals surface area contributed by atoms with Crippen molar-refractivity contribution in [3.8, 4) is 21.6 Å². The summed E-state index contributed by atoms with van der Waals surface area (Å²) >= 11 is 1.71. The van der Waals surface area contributed by atoms with Gasteiger partial charge in [-0.05, 0) is 40.3 Å². The average molecular weight is 254 g/mol. The number of hydrogen-bond donors (Lipinski definition) is 0. The van der Waals surface area contributed by atoms with Gasteiger partial charge in [0, 0.05) is 4.88 Å². The molecule has 2 aromatic carbocycles. The fourth-order valence-electron chi connectivity index (χ4n) is 2.01. The van der Waals surface area contributed by atoms with Gasteiger partial charge in [0.1, 0.15) is 5.82 Å². The van der Waals surface area contributed by atoms with E-state index in [0.717, 1.165) is 11.1 Å². The third-order valence-corrected chi connectivity index (χ3v) is 3.77. The Kier molecular flexibility index (Phi) is 2.95. The first kappa shape index (κ1) is 11.2. The van der Waals surface area contributed by atoms with Crippen molar-refractivity contribution in [2.45, 2.75) is 0 Å². The van der Waals surface area contributed by atoms with Crippen molar-refractivity contribution in [1.29, 1.82) is 0 Å². The predicted octanol–water partition coefficient (Wildman–Crippen LogP) is 5.22. The summed E-state index contributed by atoms with van der Waals surface area (Å²) in [5.74, 6) is -0.202. The van der Waals surface area contributed by atoms with Crippen LogP contribution in [-0.2, 0) is 0 Å². The minimum Gasteiger partial charge on any atom is -0.207 e. The molecule has 0 unspecified atom stereocenters. The van der Waals surface area contributed by atoms with Gasteiger partial charge in [0.05, 0.1) is 0 Å². The second-order valence-electron chi connectivity index (χ2n) is 4.03. The Morgan fingerprint density at radius 3 is 2.11 bits per heavy atom. The van der Waals surface area contributed by atoms with Crippen LogP contribution >= 0.6 is 11.3 Å². The highest BCUT2D eigenvalue weighted by molar-refractivity contribution is 7.13. The first-order chi connectivity index (χ1) is 8.84. The summed E-state index contributed by atoms with van der Waals surface area (Å²) in [5, 5.41) is 2.07. The van der Waals surface area contributed by atoms with Crippen molar-refractivity contribution in [2.24, 2.45) is 0 Å². The van der Waals surface area contributed by atoms with Crippen LogP contribution in [0.5, 0.6) is 0 Å². The van der Waals surface area contributed by atoms with Crippen LogP contribution in [0.3, 0.4) is 0 Å². The van der Waals surface area contributed by atoms with E-state index in [0.29, 0.717) is 0 Å². The molecule has 0 aliphatic carbocycles. The van der Waals surface area contributed by atoms with Gasteiger partial charge in [0.25, 0.3) is 0 Å². The van der Waals surface area contributed by atoms with Gasteiger partial charge in [-0.25, -0.2) is 4.39 Å². The molecule has 18 heavy (non-hydrogen) atoms. The average Bonchev–Trinajstić information content (AvgIpc) is 2.93. The zero-order valence-electron chi connectivity index (χ0n) is 9.64. The lowest BCUT2D eigenvalue weighted by Gasteiger charge is -2.08. The minimum atomic E-state index is -0.202. The van der Waals surface area contributed by atoms with E-state index in [2.05, 4.69) is 23.6 Å². The van der Waals surface area contributed by atoms with E-state index < -0.39 is 0 Å². The molecule has 0 radical (unpaired) electrons. The highest BCUT2D eigenvalue weighted by atomic mass is 32.1. The number of hydrogen-bond acceptors (Lipinski definition) is 1. The first-order valence-corrected chi connectivity index (χ1v) is 6.61. The zero-order chi connectivity index (χ0) is 12.4. The van der Waals surface area contributed by atoms with Crippen molar-refractivity contribution in [2.75, 3.05) is 0 Å². The van der Waals surface area contributed by atoms with Gasteiger partial charge in [0.2, 0.25) is 0 Å². The molecule has 1 heterocycles. The Balaban J connectivity index is 2.15. The molecule has 1 aromatic heterocycles. The molecule has 0 N–H and O–H groups in total. The molecule has 0 atom stereocenters. The van der Waals surface area contributed by atoms with Crippen LogP contribution in [0.25, 0.3) is 21.6 Å². The first-order valence-electron chi connectivity index (χ1n) is 5.73. The Hall–Kier alpha value is -1.93. The molecule has 0 saturated heterocycles. The second-order valence-corrected chi connectivity index (χ2v) is 4.98. The zero-order valence-corrected chi connectivity index (χ0v) is 10.5. The van der Waals surface area contributed by atoms with Crippen LogP contribution < -0.4 is 0 Å². The van der Waals surface area contributed by atoms with Crippen molar-refractivity contribution in [3.63, 3.8) is 0 Å². The van der Waals surface area contributed by atoms with Crippen LogP contribution in [0.2, 0.25) is 0 Å². The summed E-state index contributed by atoms with van der Waals surface area (Å²) in [6.45, 7) is 0. The van der Waals surface area contributed by atoms with E-state index in [9.17, 15) is 4.39 Å². The third kappa shape index (κ3) is 2.07. The molecule has 0 bridgehead atoms. The summed E-state index contributed by atoms with van der Waals surface area (Å²) in [5.41, 5.74) is 3.37. The van der Waals surface area contributed by atoms with Gasteiger partial charge in [-0.3, -0.25) is 0 Å². The minimum absolute atomic E-state index is 0.202. The molecule has 0 fully saturated rings. The number of thiophene rings is 1. The van der Waals surface area contributed by atoms with Crippen LogP contribution in [0.1, 0.15) is 0 Å². The third-order valence-electron chi connectivity index (χ3n) is 2.87. The number of benzene rings is 2. The van der Waals surface area contributed by atoms with Crippen molar-refractivity contribution in [1.82, 2.24) is 0 Å². The van der Waals surface area contributed by atoms with E-state index in [1.54, 1.807) is 11.3 Å². The van der Waals surface area contributed by atoms with E-state index in [-0.39, 0.29) is 5.82 Å². The van der Waals surface area contributed by atoms with Crippen molar-refractivity contribution >= 4 is 11.3 Å². The van der Waals surface area contributed by atoms with E-state index in [1.807, 2.05) is 30.3 Å². The lowest BCUT2D eigenvalue weighted by atomic mass is 9.99. The lowest BCUT2D eigenvalue weighted by molar-refractivity contribution is 0.628. The fraction of sp³-hybridized carbons (Fsp3) is 0. The maximum Gasteiger partial charge on any atom is 0.123 e. The monoisotopic (exact) mass is 254 g/mol. The SMILES string of the molecule is Fc1ccc(-c2ccccc2-c2cccs2)cc1. The molecule has 3 aromatic rings. The summed E-state index contributed by atoms with van der Waals surface area (Å²) in [6.07, 6.45) is 0. The maximum absolute atomic E-state index is 13.0. The van der Waals surface area contributed by atoms with Gasteiger partial charge >= 0.3 is 0 Å². The largest absolute Gasteiger partial charge is 0.207 e. The highest BCUT2D eigenvalue weighted by Crippen LogP contribution is 2.34. The normalized spacial score (nSPS) is 10.5. The quantitative estimate of drug-likeness (QED) is 0.588. The molecule has 0 spiro atoms. The van der Waals surface area contributed by atoms with Gasteiger partial charge < -0.3 is 0 Å². The molecule has 88 valence electrons. The standard InChI is InChI=1S/C16H11FS/c17-13-9-7-12(8-10-13)14-4-1-2-5-15(14)16-6-3-11-18-16/h1-11H. The predicted molar refractivity (Wildman–Crippen MR) is 75.1 cm³/mol. The van der Waals surface area contributed by atoms with E-state index >= 15 is 0 Å². The van der Waals surface area contributed by atoms with Crippen molar-refractivity contribution < 1.29 is 4.39 Å². The summed E-state index contributed by atoms with van der Waals surface area (Å²) in [7, 11) is 0. The molecular weight excluding hydrogens is 243 g/mol.